The quantitative estimate of drug-likeness (QED) is 0.862. The van der Waals surface area contributed by atoms with E-state index in [4.69, 9.17) is 0 Å². The van der Waals surface area contributed by atoms with E-state index in [1.807, 2.05) is 23.0 Å². The fourth-order valence-electron chi connectivity index (χ4n) is 2.49. The average Bonchev–Trinajstić information content (AvgIpc) is 2.75. The molecule has 1 saturated heterocycles. The molecule has 0 saturated carbocycles. The van der Waals surface area contributed by atoms with Gasteiger partial charge in [-0.05, 0) is 22.0 Å². The van der Waals surface area contributed by atoms with Crippen LogP contribution in [0.5, 0.6) is 0 Å². The smallest absolute Gasteiger partial charge is 0.127 e. The van der Waals surface area contributed by atoms with Crippen molar-refractivity contribution < 1.29 is 4.39 Å². The monoisotopic (exact) mass is 323 g/mol. The van der Waals surface area contributed by atoms with Gasteiger partial charge in [0.1, 0.15) is 5.82 Å². The molecule has 2 aromatic rings. The average molecular weight is 324 g/mol. The number of rotatable bonds is 4. The van der Waals surface area contributed by atoms with Gasteiger partial charge >= 0.3 is 0 Å². The Morgan fingerprint density at radius 2 is 2.11 bits per heavy atom. The summed E-state index contributed by atoms with van der Waals surface area (Å²) in [6.07, 6.45) is 3.79. The number of benzene rings is 1. The molecule has 0 spiro atoms. The molecule has 3 rings (SSSR count). The summed E-state index contributed by atoms with van der Waals surface area (Å²) in [5.41, 5.74) is 0.780. The number of halogens is 2. The van der Waals surface area contributed by atoms with E-state index in [0.717, 1.165) is 29.7 Å². The zero-order valence-electron chi connectivity index (χ0n) is 10.5. The summed E-state index contributed by atoms with van der Waals surface area (Å²) in [5, 5.41) is 4.25. The summed E-state index contributed by atoms with van der Waals surface area (Å²) >= 11 is 3.39. The van der Waals surface area contributed by atoms with Gasteiger partial charge < -0.3 is 0 Å². The van der Waals surface area contributed by atoms with E-state index in [0.29, 0.717) is 12.5 Å². The van der Waals surface area contributed by atoms with Crippen LogP contribution in [-0.2, 0) is 13.1 Å². The molecule has 3 nitrogen and oxygen atoms in total. The van der Waals surface area contributed by atoms with Crippen LogP contribution >= 0.6 is 15.9 Å². The Morgan fingerprint density at radius 1 is 1.32 bits per heavy atom. The maximum atomic E-state index is 13.5. The van der Waals surface area contributed by atoms with Gasteiger partial charge in [0.2, 0.25) is 0 Å². The summed E-state index contributed by atoms with van der Waals surface area (Å²) in [5.74, 6) is 0.500. The number of nitrogens with zero attached hydrogens (tertiary/aromatic N) is 3. The minimum Gasteiger partial charge on any atom is -0.298 e. The van der Waals surface area contributed by atoms with Gasteiger partial charge in [-0.15, -0.1) is 0 Å². The van der Waals surface area contributed by atoms with Crippen LogP contribution in [0.25, 0.3) is 0 Å². The van der Waals surface area contributed by atoms with Crippen molar-refractivity contribution in [3.8, 4) is 0 Å². The van der Waals surface area contributed by atoms with Crippen LogP contribution < -0.4 is 0 Å². The standard InChI is InChI=1S/C14H15BrFN3/c15-13-5-17-19(10-13)8-11-6-18(7-11)9-12-3-1-2-4-14(12)16/h1-5,10-11H,6-9H2. The van der Waals surface area contributed by atoms with Crippen LogP contribution in [0.4, 0.5) is 4.39 Å². The summed E-state index contributed by atoms with van der Waals surface area (Å²) in [7, 11) is 0. The van der Waals surface area contributed by atoms with E-state index >= 15 is 0 Å². The molecule has 1 aromatic carbocycles. The van der Waals surface area contributed by atoms with E-state index in [9.17, 15) is 4.39 Å². The second-order valence-corrected chi connectivity index (χ2v) is 5.95. The molecule has 0 unspecified atom stereocenters. The Hall–Kier alpha value is -1.20. The highest BCUT2D eigenvalue weighted by Gasteiger charge is 2.27. The number of likely N-dealkylation sites (tertiary alicyclic amines) is 1. The first-order valence-corrected chi connectivity index (χ1v) is 7.14. The zero-order chi connectivity index (χ0) is 13.2. The van der Waals surface area contributed by atoms with Crippen molar-refractivity contribution in [3.63, 3.8) is 0 Å². The Morgan fingerprint density at radius 3 is 2.79 bits per heavy atom. The lowest BCUT2D eigenvalue weighted by Gasteiger charge is -2.39. The molecule has 19 heavy (non-hydrogen) atoms. The fraction of sp³-hybridized carbons (Fsp3) is 0.357. The van der Waals surface area contributed by atoms with E-state index in [1.54, 1.807) is 12.3 Å². The summed E-state index contributed by atoms with van der Waals surface area (Å²) in [6.45, 7) is 3.64. The SMILES string of the molecule is Fc1ccccc1CN1CC(Cn2cc(Br)cn2)C1. The summed E-state index contributed by atoms with van der Waals surface area (Å²) in [4.78, 5) is 2.27. The summed E-state index contributed by atoms with van der Waals surface area (Å²) in [6, 6.07) is 6.99. The van der Waals surface area contributed by atoms with Gasteiger partial charge in [0.25, 0.3) is 0 Å². The van der Waals surface area contributed by atoms with Crippen LogP contribution in [-0.4, -0.2) is 27.8 Å². The van der Waals surface area contributed by atoms with Crippen LogP contribution in [0.2, 0.25) is 0 Å². The molecule has 0 amide bonds. The van der Waals surface area contributed by atoms with E-state index in [2.05, 4.69) is 25.9 Å². The molecule has 5 heteroatoms. The first-order chi connectivity index (χ1) is 9.20. The highest BCUT2D eigenvalue weighted by atomic mass is 79.9. The Kier molecular flexibility index (Phi) is 3.66. The molecular formula is C14H15BrFN3. The van der Waals surface area contributed by atoms with Crippen molar-refractivity contribution in [2.75, 3.05) is 13.1 Å². The van der Waals surface area contributed by atoms with Crippen LogP contribution in [0.15, 0.2) is 41.1 Å². The van der Waals surface area contributed by atoms with Crippen molar-refractivity contribution in [3.05, 3.63) is 52.5 Å². The number of hydrogen-bond acceptors (Lipinski definition) is 2. The Labute approximate surface area is 120 Å². The third-order valence-electron chi connectivity index (χ3n) is 3.43. The van der Waals surface area contributed by atoms with Crippen molar-refractivity contribution in [1.82, 2.24) is 14.7 Å². The number of aromatic nitrogens is 2. The molecule has 1 aliphatic heterocycles. The van der Waals surface area contributed by atoms with Gasteiger partial charge in [0.15, 0.2) is 0 Å². The van der Waals surface area contributed by atoms with E-state index in [-0.39, 0.29) is 5.82 Å². The van der Waals surface area contributed by atoms with Crippen LogP contribution in [0, 0.1) is 11.7 Å². The first-order valence-electron chi connectivity index (χ1n) is 6.34. The zero-order valence-corrected chi connectivity index (χ0v) is 12.1. The van der Waals surface area contributed by atoms with Gasteiger partial charge in [-0.25, -0.2) is 4.39 Å². The highest BCUT2D eigenvalue weighted by Crippen LogP contribution is 2.21. The van der Waals surface area contributed by atoms with Gasteiger partial charge in [-0.2, -0.15) is 5.10 Å². The summed E-state index contributed by atoms with van der Waals surface area (Å²) < 4.78 is 16.5. The Balaban J connectivity index is 1.49. The predicted octanol–water partition coefficient (Wildman–Crippen LogP) is 2.92. The molecular weight excluding hydrogens is 309 g/mol. The fourth-order valence-corrected chi connectivity index (χ4v) is 2.82. The molecule has 0 N–H and O–H groups in total. The lowest BCUT2D eigenvalue weighted by Crippen LogP contribution is -2.47. The molecule has 2 heterocycles. The maximum absolute atomic E-state index is 13.5. The minimum atomic E-state index is -0.109. The Bertz CT molecular complexity index is 563. The van der Waals surface area contributed by atoms with Gasteiger partial charge in [0.05, 0.1) is 10.7 Å². The van der Waals surface area contributed by atoms with Gasteiger partial charge in [-0.3, -0.25) is 9.58 Å². The predicted molar refractivity (Wildman–Crippen MR) is 75.1 cm³/mol. The lowest BCUT2D eigenvalue weighted by atomic mass is 9.99. The van der Waals surface area contributed by atoms with Gasteiger partial charge in [-0.1, -0.05) is 18.2 Å². The lowest BCUT2D eigenvalue weighted by molar-refractivity contribution is 0.0766. The molecule has 1 fully saturated rings. The first kappa shape index (κ1) is 12.8. The topological polar surface area (TPSA) is 21.1 Å². The molecule has 0 atom stereocenters. The third kappa shape index (κ3) is 3.04. The molecule has 0 radical (unpaired) electrons. The van der Waals surface area contributed by atoms with Crippen molar-refractivity contribution in [1.29, 1.82) is 0 Å². The molecule has 1 aromatic heterocycles. The van der Waals surface area contributed by atoms with Crippen LogP contribution in [0.3, 0.4) is 0 Å². The molecule has 100 valence electrons. The third-order valence-corrected chi connectivity index (χ3v) is 3.84. The molecule has 0 bridgehead atoms. The highest BCUT2D eigenvalue weighted by molar-refractivity contribution is 9.10. The molecule has 1 aliphatic rings. The van der Waals surface area contributed by atoms with Crippen molar-refractivity contribution >= 4 is 15.9 Å². The number of hydrogen-bond donors (Lipinski definition) is 0. The van der Waals surface area contributed by atoms with Crippen molar-refractivity contribution in [2.45, 2.75) is 13.1 Å². The normalized spacial score (nSPS) is 16.5. The second-order valence-electron chi connectivity index (χ2n) is 5.03. The van der Waals surface area contributed by atoms with Crippen LogP contribution in [0.1, 0.15) is 5.56 Å². The minimum absolute atomic E-state index is 0.109. The van der Waals surface area contributed by atoms with Gasteiger partial charge in [0, 0.05) is 43.9 Å². The van der Waals surface area contributed by atoms with E-state index in [1.165, 1.54) is 6.07 Å². The van der Waals surface area contributed by atoms with E-state index < -0.39 is 0 Å². The molecule has 0 aliphatic carbocycles. The van der Waals surface area contributed by atoms with Crippen molar-refractivity contribution in [2.24, 2.45) is 5.92 Å². The maximum Gasteiger partial charge on any atom is 0.127 e. The largest absolute Gasteiger partial charge is 0.298 e. The second kappa shape index (κ2) is 5.43.